The van der Waals surface area contributed by atoms with Crippen LogP contribution < -0.4 is 0 Å². The van der Waals surface area contributed by atoms with E-state index >= 15 is 0 Å². The van der Waals surface area contributed by atoms with Crippen molar-refractivity contribution in [2.75, 3.05) is 6.26 Å². The van der Waals surface area contributed by atoms with Crippen LogP contribution in [0.1, 0.15) is 11.3 Å². The number of pyridine rings is 1. The van der Waals surface area contributed by atoms with Crippen molar-refractivity contribution in [1.82, 2.24) is 4.98 Å². The van der Waals surface area contributed by atoms with Crippen molar-refractivity contribution in [3.8, 4) is 0 Å². The molecule has 0 atom stereocenters. The summed E-state index contributed by atoms with van der Waals surface area (Å²) in [6.07, 6.45) is -2.64. The lowest BCUT2D eigenvalue weighted by molar-refractivity contribution is -0.141. The summed E-state index contributed by atoms with van der Waals surface area (Å²) in [6.45, 7) is 1.90. The molecule has 0 saturated carbocycles. The van der Waals surface area contributed by atoms with Gasteiger partial charge in [0, 0.05) is 10.3 Å². The number of hydrogen-bond acceptors (Lipinski definition) is 2. The van der Waals surface area contributed by atoms with Gasteiger partial charge in [0.1, 0.15) is 5.69 Å². The van der Waals surface area contributed by atoms with Crippen LogP contribution in [0.3, 0.4) is 0 Å². The summed E-state index contributed by atoms with van der Waals surface area (Å²) >= 11 is 1.30. The summed E-state index contributed by atoms with van der Waals surface area (Å²) in [5.41, 5.74) is 0.558. The summed E-state index contributed by atoms with van der Waals surface area (Å²) in [6, 6.07) is 6.35. The quantitative estimate of drug-likeness (QED) is 0.707. The number of fused-ring (bicyclic) bond motifs is 1. The Morgan fingerprint density at radius 1 is 1.18 bits per heavy atom. The largest absolute Gasteiger partial charge is 0.433 e. The van der Waals surface area contributed by atoms with E-state index in [0.717, 1.165) is 17.0 Å². The molecule has 0 radical (unpaired) electrons. The number of aryl methyl sites for hydroxylation is 1. The fourth-order valence-electron chi connectivity index (χ4n) is 1.62. The molecular formula is C12H10F3NS. The van der Waals surface area contributed by atoms with Crippen LogP contribution in [-0.2, 0) is 6.18 Å². The van der Waals surface area contributed by atoms with Crippen LogP contribution in [0.15, 0.2) is 29.2 Å². The topological polar surface area (TPSA) is 12.9 Å². The standard InChI is InChI=1S/C12H10F3NS/c1-7-3-4-9-8(5-7)10(17-2)6-11(16-9)12(13,14)15/h3-6H,1-2H3. The lowest BCUT2D eigenvalue weighted by atomic mass is 10.1. The number of thioether (sulfide) groups is 1. The van der Waals surface area contributed by atoms with Gasteiger partial charge in [0.05, 0.1) is 5.52 Å². The summed E-state index contributed by atoms with van der Waals surface area (Å²) in [4.78, 5) is 4.26. The van der Waals surface area contributed by atoms with Gasteiger partial charge in [-0.05, 0) is 31.4 Å². The Morgan fingerprint density at radius 3 is 2.47 bits per heavy atom. The summed E-state index contributed by atoms with van der Waals surface area (Å²) in [5.74, 6) is 0. The fourth-order valence-corrected chi connectivity index (χ4v) is 2.24. The van der Waals surface area contributed by atoms with Gasteiger partial charge >= 0.3 is 6.18 Å². The molecule has 1 aromatic carbocycles. The highest BCUT2D eigenvalue weighted by atomic mass is 32.2. The number of aromatic nitrogens is 1. The van der Waals surface area contributed by atoms with E-state index in [1.165, 1.54) is 11.8 Å². The average Bonchev–Trinajstić information content (AvgIpc) is 2.26. The van der Waals surface area contributed by atoms with E-state index in [2.05, 4.69) is 4.98 Å². The van der Waals surface area contributed by atoms with Crippen LogP contribution in [0.4, 0.5) is 13.2 Å². The van der Waals surface area contributed by atoms with E-state index in [1.54, 1.807) is 18.4 Å². The van der Waals surface area contributed by atoms with Gasteiger partial charge in [0.15, 0.2) is 0 Å². The number of alkyl halides is 3. The summed E-state index contributed by atoms with van der Waals surface area (Å²) in [7, 11) is 0. The molecule has 0 aliphatic carbocycles. The minimum atomic E-state index is -4.40. The number of hydrogen-bond donors (Lipinski definition) is 0. The third kappa shape index (κ3) is 2.39. The predicted molar refractivity (Wildman–Crippen MR) is 63.3 cm³/mol. The monoisotopic (exact) mass is 257 g/mol. The van der Waals surface area contributed by atoms with E-state index in [1.807, 2.05) is 13.0 Å². The molecule has 1 heterocycles. The van der Waals surface area contributed by atoms with E-state index in [4.69, 9.17) is 0 Å². The van der Waals surface area contributed by atoms with Crippen molar-refractivity contribution < 1.29 is 13.2 Å². The van der Waals surface area contributed by atoms with E-state index < -0.39 is 11.9 Å². The van der Waals surface area contributed by atoms with Crippen molar-refractivity contribution in [2.45, 2.75) is 18.0 Å². The maximum absolute atomic E-state index is 12.6. The van der Waals surface area contributed by atoms with Gasteiger partial charge in [0.2, 0.25) is 0 Å². The van der Waals surface area contributed by atoms with Gasteiger partial charge in [-0.3, -0.25) is 0 Å². The van der Waals surface area contributed by atoms with E-state index in [0.29, 0.717) is 10.4 Å². The first kappa shape index (κ1) is 12.2. The average molecular weight is 257 g/mol. The second-order valence-electron chi connectivity index (χ2n) is 3.73. The third-order valence-electron chi connectivity index (χ3n) is 2.44. The molecule has 0 bridgehead atoms. The van der Waals surface area contributed by atoms with Gasteiger partial charge < -0.3 is 0 Å². The molecule has 0 saturated heterocycles. The van der Waals surface area contributed by atoms with Crippen molar-refractivity contribution in [1.29, 1.82) is 0 Å². The van der Waals surface area contributed by atoms with Crippen LogP contribution in [0.2, 0.25) is 0 Å². The van der Waals surface area contributed by atoms with Crippen molar-refractivity contribution in [2.24, 2.45) is 0 Å². The van der Waals surface area contributed by atoms with Crippen LogP contribution in [0.5, 0.6) is 0 Å². The molecule has 0 aliphatic rings. The molecule has 0 aliphatic heterocycles. The highest BCUT2D eigenvalue weighted by Crippen LogP contribution is 2.34. The predicted octanol–water partition coefficient (Wildman–Crippen LogP) is 4.28. The molecule has 0 N–H and O–H groups in total. The second-order valence-corrected chi connectivity index (χ2v) is 4.58. The zero-order valence-corrected chi connectivity index (χ0v) is 10.1. The maximum Gasteiger partial charge on any atom is 0.433 e. The van der Waals surface area contributed by atoms with Gasteiger partial charge in [-0.2, -0.15) is 13.2 Å². The SMILES string of the molecule is CSc1cc(C(F)(F)F)nc2ccc(C)cc12. The zero-order valence-electron chi connectivity index (χ0n) is 9.30. The Bertz CT molecular complexity index is 563. The van der Waals surface area contributed by atoms with Crippen molar-refractivity contribution in [3.63, 3.8) is 0 Å². The first-order valence-electron chi connectivity index (χ1n) is 4.94. The van der Waals surface area contributed by atoms with Gasteiger partial charge in [-0.1, -0.05) is 11.6 Å². The number of halogens is 3. The molecule has 2 rings (SSSR count). The highest BCUT2D eigenvalue weighted by molar-refractivity contribution is 7.98. The van der Waals surface area contributed by atoms with Crippen LogP contribution in [0, 0.1) is 6.92 Å². The van der Waals surface area contributed by atoms with Crippen LogP contribution in [-0.4, -0.2) is 11.2 Å². The Kier molecular flexibility index (Phi) is 3.03. The van der Waals surface area contributed by atoms with E-state index in [9.17, 15) is 13.2 Å². The van der Waals surface area contributed by atoms with Gasteiger partial charge in [0.25, 0.3) is 0 Å². The Labute approximate surface area is 101 Å². The molecule has 0 unspecified atom stereocenters. The zero-order chi connectivity index (χ0) is 12.6. The smallest absolute Gasteiger partial charge is 0.243 e. The normalized spacial score (nSPS) is 12.1. The molecule has 0 spiro atoms. The first-order valence-corrected chi connectivity index (χ1v) is 6.17. The summed E-state index contributed by atoms with van der Waals surface area (Å²) in [5, 5.41) is 0.769. The molecule has 1 nitrogen and oxygen atoms in total. The van der Waals surface area contributed by atoms with Crippen LogP contribution in [0.25, 0.3) is 10.9 Å². The number of benzene rings is 1. The number of rotatable bonds is 1. The van der Waals surface area contributed by atoms with Gasteiger partial charge in [-0.15, -0.1) is 11.8 Å². The molecule has 0 amide bonds. The lowest BCUT2D eigenvalue weighted by Gasteiger charge is -2.10. The minimum Gasteiger partial charge on any atom is -0.243 e. The second kappa shape index (κ2) is 4.22. The van der Waals surface area contributed by atoms with E-state index in [-0.39, 0.29) is 0 Å². The molecule has 0 fully saturated rings. The van der Waals surface area contributed by atoms with Crippen molar-refractivity contribution >= 4 is 22.7 Å². The molecule has 90 valence electrons. The van der Waals surface area contributed by atoms with Crippen LogP contribution >= 0.6 is 11.8 Å². The maximum atomic E-state index is 12.6. The first-order chi connectivity index (χ1) is 7.91. The molecule has 2 aromatic rings. The molecule has 17 heavy (non-hydrogen) atoms. The molecule has 5 heteroatoms. The highest BCUT2D eigenvalue weighted by Gasteiger charge is 2.33. The third-order valence-corrected chi connectivity index (χ3v) is 3.21. The Morgan fingerprint density at radius 2 is 1.88 bits per heavy atom. The fraction of sp³-hybridized carbons (Fsp3) is 0.250. The molecular weight excluding hydrogens is 247 g/mol. The van der Waals surface area contributed by atoms with Crippen molar-refractivity contribution in [3.05, 3.63) is 35.5 Å². The Hall–Kier alpha value is -1.23. The molecule has 1 aromatic heterocycles. The number of nitrogens with zero attached hydrogens (tertiary/aromatic N) is 1. The minimum absolute atomic E-state index is 0.384. The lowest BCUT2D eigenvalue weighted by Crippen LogP contribution is -2.08. The summed E-state index contributed by atoms with van der Waals surface area (Å²) < 4.78 is 37.9. The van der Waals surface area contributed by atoms with Gasteiger partial charge in [-0.25, -0.2) is 4.98 Å². The Balaban J connectivity index is 2.75.